The van der Waals surface area contributed by atoms with E-state index in [2.05, 4.69) is 52.3 Å². The van der Waals surface area contributed by atoms with Crippen molar-refractivity contribution in [2.45, 2.75) is 32.0 Å². The molecule has 3 aromatic rings. The molecule has 1 aromatic carbocycles. The van der Waals surface area contributed by atoms with Crippen LogP contribution in [0.5, 0.6) is 0 Å². The van der Waals surface area contributed by atoms with E-state index >= 15 is 0 Å². The molecule has 20 heavy (non-hydrogen) atoms. The van der Waals surface area contributed by atoms with Crippen molar-refractivity contribution in [3.05, 3.63) is 53.2 Å². The smallest absolute Gasteiger partial charge is 0.0762 e. The molecule has 4 rings (SSSR count). The number of benzene rings is 1. The number of aromatic nitrogens is 2. The first-order valence-electron chi connectivity index (χ1n) is 7.09. The molecule has 3 nitrogen and oxygen atoms in total. The van der Waals surface area contributed by atoms with Gasteiger partial charge in [0.05, 0.1) is 12.2 Å². The lowest BCUT2D eigenvalue weighted by molar-refractivity contribution is 0.633. The van der Waals surface area contributed by atoms with Gasteiger partial charge < -0.3 is 5.32 Å². The first-order chi connectivity index (χ1) is 9.88. The average Bonchev–Trinajstić information content (AvgIpc) is 3.06. The van der Waals surface area contributed by atoms with E-state index in [1.807, 2.05) is 16.0 Å². The summed E-state index contributed by atoms with van der Waals surface area (Å²) in [5, 5.41) is 11.7. The molecule has 1 fully saturated rings. The van der Waals surface area contributed by atoms with Crippen LogP contribution in [0.15, 0.2) is 41.9 Å². The standard InChI is InChI=1S/C16H17N3S/c1-2-4-16-15(3-1)12(11-20-16)10-19-8-7-14(18-19)9-17-13-5-6-13/h1-4,7-8,11,13,17H,5-6,9-10H2. The largest absolute Gasteiger partial charge is 0.308 e. The SMILES string of the molecule is c1ccc2c(Cn3ccc(CNC4CC4)n3)csc2c1. The van der Waals surface area contributed by atoms with Crippen LogP contribution in [0.25, 0.3) is 10.1 Å². The predicted octanol–water partition coefficient (Wildman–Crippen LogP) is 3.40. The molecule has 1 N–H and O–H groups in total. The molecule has 1 aliphatic carbocycles. The minimum atomic E-state index is 0.737. The van der Waals surface area contributed by atoms with E-state index in [4.69, 9.17) is 0 Å². The maximum atomic E-state index is 4.65. The molecule has 2 heterocycles. The van der Waals surface area contributed by atoms with Crippen LogP contribution in [-0.4, -0.2) is 15.8 Å². The second-order valence-electron chi connectivity index (χ2n) is 5.42. The molecular weight excluding hydrogens is 266 g/mol. The highest BCUT2D eigenvalue weighted by atomic mass is 32.1. The van der Waals surface area contributed by atoms with Crippen molar-refractivity contribution in [3.63, 3.8) is 0 Å². The van der Waals surface area contributed by atoms with Gasteiger partial charge in [-0.2, -0.15) is 5.10 Å². The van der Waals surface area contributed by atoms with Gasteiger partial charge in [-0.3, -0.25) is 4.68 Å². The van der Waals surface area contributed by atoms with Gasteiger partial charge in [0.1, 0.15) is 0 Å². The van der Waals surface area contributed by atoms with Crippen LogP contribution in [0, 0.1) is 0 Å². The lowest BCUT2D eigenvalue weighted by atomic mass is 10.2. The van der Waals surface area contributed by atoms with Crippen molar-refractivity contribution in [2.75, 3.05) is 0 Å². The monoisotopic (exact) mass is 283 g/mol. The molecule has 1 saturated carbocycles. The van der Waals surface area contributed by atoms with Crippen LogP contribution in [-0.2, 0) is 13.1 Å². The molecule has 0 radical (unpaired) electrons. The van der Waals surface area contributed by atoms with Gasteiger partial charge >= 0.3 is 0 Å². The summed E-state index contributed by atoms with van der Waals surface area (Å²) in [4.78, 5) is 0. The molecule has 0 saturated heterocycles. The van der Waals surface area contributed by atoms with Crippen molar-refractivity contribution in [1.29, 1.82) is 0 Å². The van der Waals surface area contributed by atoms with Crippen LogP contribution in [0.4, 0.5) is 0 Å². The zero-order valence-corrected chi connectivity index (χ0v) is 12.1. The quantitative estimate of drug-likeness (QED) is 0.778. The zero-order chi connectivity index (χ0) is 13.4. The Morgan fingerprint density at radius 3 is 3.05 bits per heavy atom. The topological polar surface area (TPSA) is 29.9 Å². The van der Waals surface area contributed by atoms with Gasteiger partial charge in [0.15, 0.2) is 0 Å². The van der Waals surface area contributed by atoms with Gasteiger partial charge in [-0.1, -0.05) is 18.2 Å². The highest BCUT2D eigenvalue weighted by molar-refractivity contribution is 7.17. The van der Waals surface area contributed by atoms with E-state index in [1.54, 1.807) is 0 Å². The molecule has 1 aliphatic rings. The van der Waals surface area contributed by atoms with E-state index in [0.717, 1.165) is 24.8 Å². The van der Waals surface area contributed by atoms with Gasteiger partial charge in [-0.05, 0) is 41.3 Å². The average molecular weight is 283 g/mol. The van der Waals surface area contributed by atoms with Gasteiger partial charge in [-0.25, -0.2) is 0 Å². The number of rotatable bonds is 5. The number of nitrogens with one attached hydrogen (secondary N) is 1. The molecule has 0 spiro atoms. The molecule has 4 heteroatoms. The Balaban J connectivity index is 1.50. The third kappa shape index (κ3) is 2.49. The fourth-order valence-corrected chi connectivity index (χ4v) is 3.41. The molecule has 102 valence electrons. The second kappa shape index (κ2) is 5.04. The predicted molar refractivity (Wildman–Crippen MR) is 83.0 cm³/mol. The highest BCUT2D eigenvalue weighted by Crippen LogP contribution is 2.26. The third-order valence-electron chi connectivity index (χ3n) is 3.74. The third-order valence-corrected chi connectivity index (χ3v) is 4.75. The first kappa shape index (κ1) is 12.1. The minimum Gasteiger partial charge on any atom is -0.308 e. The van der Waals surface area contributed by atoms with E-state index in [9.17, 15) is 0 Å². The highest BCUT2D eigenvalue weighted by Gasteiger charge is 2.20. The molecular formula is C16H17N3S. The van der Waals surface area contributed by atoms with Crippen LogP contribution >= 0.6 is 11.3 Å². The maximum absolute atomic E-state index is 4.65. The number of fused-ring (bicyclic) bond motifs is 1. The van der Waals surface area contributed by atoms with E-state index in [1.165, 1.54) is 28.5 Å². The number of thiophene rings is 1. The summed E-state index contributed by atoms with van der Waals surface area (Å²) in [6.07, 6.45) is 4.72. The summed E-state index contributed by atoms with van der Waals surface area (Å²) >= 11 is 1.81. The van der Waals surface area contributed by atoms with Crippen LogP contribution < -0.4 is 5.32 Å². The summed E-state index contributed by atoms with van der Waals surface area (Å²) in [7, 11) is 0. The van der Waals surface area contributed by atoms with Crippen LogP contribution in [0.3, 0.4) is 0 Å². The first-order valence-corrected chi connectivity index (χ1v) is 7.97. The van der Waals surface area contributed by atoms with E-state index in [0.29, 0.717) is 0 Å². The number of nitrogens with zero attached hydrogens (tertiary/aromatic N) is 2. The molecule has 0 bridgehead atoms. The number of hydrogen-bond acceptors (Lipinski definition) is 3. The summed E-state index contributed by atoms with van der Waals surface area (Å²) in [6, 6.07) is 11.4. The molecule has 0 aliphatic heterocycles. The maximum Gasteiger partial charge on any atom is 0.0762 e. The molecule has 2 aromatic heterocycles. The Morgan fingerprint density at radius 2 is 2.15 bits per heavy atom. The van der Waals surface area contributed by atoms with Crippen molar-refractivity contribution in [2.24, 2.45) is 0 Å². The van der Waals surface area contributed by atoms with Crippen molar-refractivity contribution >= 4 is 21.4 Å². The minimum absolute atomic E-state index is 0.737. The van der Waals surface area contributed by atoms with Gasteiger partial charge in [-0.15, -0.1) is 11.3 Å². The Kier molecular flexibility index (Phi) is 3.05. The van der Waals surface area contributed by atoms with Gasteiger partial charge in [0, 0.05) is 23.5 Å². The normalized spacial score (nSPS) is 15.0. The Morgan fingerprint density at radius 1 is 1.25 bits per heavy atom. The Labute approximate surface area is 122 Å². The fraction of sp³-hybridized carbons (Fsp3) is 0.312. The van der Waals surface area contributed by atoms with Crippen molar-refractivity contribution in [1.82, 2.24) is 15.1 Å². The van der Waals surface area contributed by atoms with E-state index < -0.39 is 0 Å². The molecule has 0 amide bonds. The zero-order valence-electron chi connectivity index (χ0n) is 11.2. The summed E-state index contributed by atoms with van der Waals surface area (Å²) < 4.78 is 3.39. The van der Waals surface area contributed by atoms with Crippen LogP contribution in [0.2, 0.25) is 0 Å². The van der Waals surface area contributed by atoms with Crippen LogP contribution in [0.1, 0.15) is 24.1 Å². The summed E-state index contributed by atoms with van der Waals surface area (Å²) in [6.45, 7) is 1.75. The lowest BCUT2D eigenvalue weighted by Gasteiger charge is -2.01. The van der Waals surface area contributed by atoms with Crippen molar-refractivity contribution in [3.8, 4) is 0 Å². The molecule has 0 unspecified atom stereocenters. The lowest BCUT2D eigenvalue weighted by Crippen LogP contribution is -2.16. The van der Waals surface area contributed by atoms with Gasteiger partial charge in [0.2, 0.25) is 0 Å². The number of hydrogen-bond donors (Lipinski definition) is 1. The summed E-state index contributed by atoms with van der Waals surface area (Å²) in [5.74, 6) is 0. The second-order valence-corrected chi connectivity index (χ2v) is 6.33. The Hall–Kier alpha value is -1.65. The molecule has 0 atom stereocenters. The van der Waals surface area contributed by atoms with Gasteiger partial charge in [0.25, 0.3) is 0 Å². The Bertz CT molecular complexity index is 724. The fourth-order valence-electron chi connectivity index (χ4n) is 2.45. The van der Waals surface area contributed by atoms with E-state index in [-0.39, 0.29) is 0 Å². The summed E-state index contributed by atoms with van der Waals surface area (Å²) in [5.41, 5.74) is 2.49. The van der Waals surface area contributed by atoms with Crippen molar-refractivity contribution < 1.29 is 0 Å².